The van der Waals surface area contributed by atoms with Crippen molar-refractivity contribution in [2.75, 3.05) is 5.32 Å². The number of benzene rings is 2. The summed E-state index contributed by atoms with van der Waals surface area (Å²) in [6.07, 6.45) is 7.62. The van der Waals surface area contributed by atoms with Crippen molar-refractivity contribution in [2.24, 2.45) is 0 Å². The molecule has 0 radical (unpaired) electrons. The Morgan fingerprint density at radius 2 is 1.88 bits per heavy atom. The van der Waals surface area contributed by atoms with Gasteiger partial charge in [0.25, 0.3) is 0 Å². The van der Waals surface area contributed by atoms with Crippen molar-refractivity contribution < 1.29 is 4.79 Å². The normalized spacial score (nSPS) is 15.2. The van der Waals surface area contributed by atoms with E-state index in [2.05, 4.69) is 22.4 Å². The van der Waals surface area contributed by atoms with E-state index < -0.39 is 0 Å². The third-order valence-corrected chi connectivity index (χ3v) is 5.26. The zero-order valence-corrected chi connectivity index (χ0v) is 15.0. The number of nitrogens with zero attached hydrogens (tertiary/aromatic N) is 1. The Bertz CT molecular complexity index is 879. The second-order valence-corrected chi connectivity index (χ2v) is 7.22. The topological polar surface area (TPSA) is 57.8 Å². The van der Waals surface area contributed by atoms with E-state index in [1.165, 1.54) is 37.7 Å². The molecule has 0 bridgehead atoms. The number of imidazole rings is 1. The van der Waals surface area contributed by atoms with Crippen LogP contribution < -0.4 is 5.32 Å². The van der Waals surface area contributed by atoms with E-state index in [0.717, 1.165) is 29.0 Å². The van der Waals surface area contributed by atoms with Gasteiger partial charge in [-0.25, -0.2) is 4.98 Å². The van der Waals surface area contributed by atoms with Gasteiger partial charge in [0.1, 0.15) is 5.82 Å². The summed E-state index contributed by atoms with van der Waals surface area (Å²) < 4.78 is 0. The fourth-order valence-electron chi connectivity index (χ4n) is 3.80. The second kappa shape index (κ2) is 7.73. The first kappa shape index (κ1) is 16.8. The smallest absolute Gasteiger partial charge is 0.224 e. The monoisotopic (exact) mass is 347 g/mol. The van der Waals surface area contributed by atoms with Crippen LogP contribution in [0.4, 0.5) is 5.69 Å². The number of anilines is 1. The molecule has 1 aromatic heterocycles. The molecule has 1 fully saturated rings. The van der Waals surface area contributed by atoms with E-state index in [1.54, 1.807) is 0 Å². The molecular formula is C22H25N3O. The summed E-state index contributed by atoms with van der Waals surface area (Å²) >= 11 is 0. The number of hydrogen-bond donors (Lipinski definition) is 2. The molecule has 0 spiro atoms. The Hall–Kier alpha value is -2.62. The number of aromatic amines is 1. The maximum absolute atomic E-state index is 12.2. The molecule has 0 saturated heterocycles. The highest BCUT2D eigenvalue weighted by Gasteiger charge is 2.18. The molecule has 0 atom stereocenters. The van der Waals surface area contributed by atoms with Crippen molar-refractivity contribution in [3.8, 4) is 0 Å². The van der Waals surface area contributed by atoms with E-state index in [0.29, 0.717) is 12.3 Å². The molecule has 0 unspecified atom stereocenters. The fourth-order valence-corrected chi connectivity index (χ4v) is 3.80. The van der Waals surface area contributed by atoms with Gasteiger partial charge in [-0.15, -0.1) is 0 Å². The van der Waals surface area contributed by atoms with Gasteiger partial charge in [0.2, 0.25) is 5.91 Å². The molecule has 134 valence electrons. The second-order valence-electron chi connectivity index (χ2n) is 7.22. The Morgan fingerprint density at radius 1 is 1.08 bits per heavy atom. The Morgan fingerprint density at radius 3 is 2.69 bits per heavy atom. The lowest BCUT2D eigenvalue weighted by molar-refractivity contribution is -0.116. The van der Waals surface area contributed by atoms with Crippen molar-refractivity contribution in [1.29, 1.82) is 0 Å². The highest BCUT2D eigenvalue weighted by molar-refractivity contribution is 5.93. The molecule has 2 aromatic carbocycles. The lowest BCUT2D eigenvalue weighted by atomic mass is 9.89. The Balaban J connectivity index is 1.41. The zero-order chi connectivity index (χ0) is 17.8. The van der Waals surface area contributed by atoms with Gasteiger partial charge in [-0.2, -0.15) is 0 Å². The number of aryl methyl sites for hydroxylation is 1. The van der Waals surface area contributed by atoms with Gasteiger partial charge in [-0.05, 0) is 43.0 Å². The summed E-state index contributed by atoms with van der Waals surface area (Å²) in [7, 11) is 0. The van der Waals surface area contributed by atoms with Crippen LogP contribution in [-0.4, -0.2) is 15.9 Å². The number of hydrogen-bond acceptors (Lipinski definition) is 2. The number of nitrogens with one attached hydrogen (secondary N) is 2. The van der Waals surface area contributed by atoms with Crippen molar-refractivity contribution in [3.63, 3.8) is 0 Å². The summed E-state index contributed by atoms with van der Waals surface area (Å²) in [4.78, 5) is 20.5. The van der Waals surface area contributed by atoms with Crippen molar-refractivity contribution in [3.05, 3.63) is 59.9 Å². The van der Waals surface area contributed by atoms with Crippen LogP contribution in [-0.2, 0) is 11.2 Å². The minimum atomic E-state index is 0.0419. The molecule has 0 aliphatic heterocycles. The van der Waals surface area contributed by atoms with E-state index in [4.69, 9.17) is 4.98 Å². The Kier molecular flexibility index (Phi) is 5.00. The quantitative estimate of drug-likeness (QED) is 0.668. The largest absolute Gasteiger partial charge is 0.342 e. The van der Waals surface area contributed by atoms with Crippen molar-refractivity contribution in [2.45, 2.75) is 50.9 Å². The predicted molar refractivity (Wildman–Crippen MR) is 105 cm³/mol. The lowest BCUT2D eigenvalue weighted by Crippen LogP contribution is -2.12. The van der Waals surface area contributed by atoms with Crippen LogP contribution in [0.5, 0.6) is 0 Å². The van der Waals surface area contributed by atoms with Gasteiger partial charge in [0.15, 0.2) is 0 Å². The molecule has 4 rings (SSSR count). The average molecular weight is 347 g/mol. The fraction of sp³-hybridized carbons (Fsp3) is 0.364. The molecule has 1 aliphatic carbocycles. The summed E-state index contributed by atoms with van der Waals surface area (Å²) in [5.74, 6) is 1.70. The number of aromatic nitrogens is 2. The maximum atomic E-state index is 12.2. The minimum Gasteiger partial charge on any atom is -0.342 e. The van der Waals surface area contributed by atoms with Crippen molar-refractivity contribution >= 4 is 22.6 Å². The van der Waals surface area contributed by atoms with Crippen LogP contribution >= 0.6 is 0 Å². The van der Waals surface area contributed by atoms with Crippen LogP contribution in [0.25, 0.3) is 11.0 Å². The molecule has 1 aliphatic rings. The average Bonchev–Trinajstić information content (AvgIpc) is 3.11. The number of carbonyl (C=O) groups is 1. The maximum Gasteiger partial charge on any atom is 0.224 e. The number of fused-ring (bicyclic) bond motifs is 1. The molecule has 2 N–H and O–H groups in total. The van der Waals surface area contributed by atoms with E-state index in [9.17, 15) is 4.79 Å². The van der Waals surface area contributed by atoms with E-state index in [1.807, 2.05) is 36.4 Å². The van der Waals surface area contributed by atoms with Crippen molar-refractivity contribution in [1.82, 2.24) is 9.97 Å². The molecule has 1 amide bonds. The van der Waals surface area contributed by atoms with Gasteiger partial charge in [0, 0.05) is 18.0 Å². The van der Waals surface area contributed by atoms with E-state index in [-0.39, 0.29) is 5.91 Å². The highest BCUT2D eigenvalue weighted by Crippen LogP contribution is 2.32. The number of carbonyl (C=O) groups excluding carboxylic acids is 1. The van der Waals surface area contributed by atoms with Gasteiger partial charge in [0.05, 0.1) is 11.0 Å². The molecular weight excluding hydrogens is 322 g/mol. The lowest BCUT2D eigenvalue weighted by Gasteiger charge is -2.18. The van der Waals surface area contributed by atoms with Crippen LogP contribution in [0.3, 0.4) is 0 Å². The van der Waals surface area contributed by atoms with Gasteiger partial charge < -0.3 is 10.3 Å². The number of rotatable bonds is 5. The van der Waals surface area contributed by atoms with Crippen LogP contribution in [0, 0.1) is 0 Å². The number of amides is 1. The van der Waals surface area contributed by atoms with Crippen LogP contribution in [0.1, 0.15) is 55.8 Å². The molecule has 4 nitrogen and oxygen atoms in total. The zero-order valence-electron chi connectivity index (χ0n) is 15.0. The molecule has 1 saturated carbocycles. The first-order valence-corrected chi connectivity index (χ1v) is 9.61. The molecule has 1 heterocycles. The standard InChI is InChI=1S/C22H25N3O/c26-21(14-11-16-7-3-1-4-8-16)23-18-12-13-19-20(15-18)25-22(24-19)17-9-5-2-6-10-17/h1,3-4,7-8,12-13,15,17H,2,5-6,9-11,14H2,(H,23,26)(H,24,25). The van der Waals surface area contributed by atoms with Crippen LogP contribution in [0.2, 0.25) is 0 Å². The molecule has 3 aromatic rings. The third-order valence-electron chi connectivity index (χ3n) is 5.26. The molecule has 26 heavy (non-hydrogen) atoms. The summed E-state index contributed by atoms with van der Waals surface area (Å²) in [5.41, 5.74) is 4.00. The van der Waals surface area contributed by atoms with E-state index >= 15 is 0 Å². The molecule has 4 heteroatoms. The van der Waals surface area contributed by atoms with Gasteiger partial charge in [-0.1, -0.05) is 49.6 Å². The minimum absolute atomic E-state index is 0.0419. The summed E-state index contributed by atoms with van der Waals surface area (Å²) in [5, 5.41) is 3.01. The Labute approximate surface area is 154 Å². The SMILES string of the molecule is O=C(CCc1ccccc1)Nc1ccc2nc(C3CCCCC3)[nH]c2c1. The van der Waals surface area contributed by atoms with Gasteiger partial charge >= 0.3 is 0 Å². The highest BCUT2D eigenvalue weighted by atomic mass is 16.1. The first-order chi connectivity index (χ1) is 12.8. The third kappa shape index (κ3) is 3.96. The predicted octanol–water partition coefficient (Wildman–Crippen LogP) is 5.18. The van der Waals surface area contributed by atoms with Crippen LogP contribution in [0.15, 0.2) is 48.5 Å². The summed E-state index contributed by atoms with van der Waals surface area (Å²) in [6, 6.07) is 16.0. The number of H-pyrrole nitrogens is 1. The summed E-state index contributed by atoms with van der Waals surface area (Å²) in [6.45, 7) is 0. The van der Waals surface area contributed by atoms with Gasteiger partial charge in [-0.3, -0.25) is 4.79 Å². The first-order valence-electron chi connectivity index (χ1n) is 9.61.